The van der Waals surface area contributed by atoms with E-state index in [4.69, 9.17) is 21.1 Å². The molecule has 0 aliphatic heterocycles. The number of nitriles is 1. The summed E-state index contributed by atoms with van der Waals surface area (Å²) >= 11 is 5.96. The van der Waals surface area contributed by atoms with Crippen molar-refractivity contribution >= 4 is 29.3 Å². The van der Waals surface area contributed by atoms with Crippen molar-refractivity contribution in [3.05, 3.63) is 106 Å². The Labute approximate surface area is 211 Å². The van der Waals surface area contributed by atoms with Crippen LogP contribution in [0.5, 0.6) is 11.5 Å². The Hall–Kier alpha value is -4.01. The Morgan fingerprint density at radius 3 is 2.40 bits per heavy atom. The van der Waals surface area contributed by atoms with Crippen LogP contribution < -0.4 is 14.8 Å². The SMILES string of the molecule is C=CCc1cc(/C=C(\C#N)C(=O)Nc2ccc(CC)cc2)cc(OC)c1OCc1ccc(Cl)cc1. The molecule has 0 bridgehead atoms. The van der Waals surface area contributed by atoms with E-state index in [0.29, 0.717) is 40.8 Å². The number of ether oxygens (including phenoxy) is 2. The Morgan fingerprint density at radius 1 is 1.11 bits per heavy atom. The lowest BCUT2D eigenvalue weighted by molar-refractivity contribution is -0.112. The molecule has 35 heavy (non-hydrogen) atoms. The van der Waals surface area contributed by atoms with Crippen LogP contribution in [0.1, 0.15) is 29.2 Å². The third kappa shape index (κ3) is 6.99. The van der Waals surface area contributed by atoms with Crippen molar-refractivity contribution in [3.8, 4) is 17.6 Å². The molecular formula is C29H27ClN2O3. The number of hydrogen-bond acceptors (Lipinski definition) is 4. The predicted octanol–water partition coefficient (Wildman–Crippen LogP) is 6.76. The molecule has 0 heterocycles. The van der Waals surface area contributed by atoms with E-state index in [1.807, 2.05) is 60.7 Å². The van der Waals surface area contributed by atoms with Crippen molar-refractivity contribution in [2.45, 2.75) is 26.4 Å². The molecule has 0 unspecified atom stereocenters. The van der Waals surface area contributed by atoms with E-state index in [0.717, 1.165) is 17.5 Å². The molecule has 1 N–H and O–H groups in total. The molecule has 0 saturated carbocycles. The lowest BCUT2D eigenvalue weighted by atomic mass is 10.0. The van der Waals surface area contributed by atoms with Crippen LogP contribution >= 0.6 is 11.6 Å². The van der Waals surface area contributed by atoms with Gasteiger partial charge in [-0.3, -0.25) is 4.79 Å². The van der Waals surface area contributed by atoms with Gasteiger partial charge in [-0.05, 0) is 72.0 Å². The minimum absolute atomic E-state index is 0.0222. The fourth-order valence-corrected chi connectivity index (χ4v) is 3.59. The second-order valence-corrected chi connectivity index (χ2v) is 8.23. The Balaban J connectivity index is 1.87. The highest BCUT2D eigenvalue weighted by Crippen LogP contribution is 2.35. The molecule has 6 heteroatoms. The Morgan fingerprint density at radius 2 is 1.80 bits per heavy atom. The number of anilines is 1. The Kier molecular flexibility index (Phi) is 9.11. The molecule has 5 nitrogen and oxygen atoms in total. The minimum Gasteiger partial charge on any atom is -0.493 e. The molecule has 0 atom stereocenters. The molecule has 0 aliphatic rings. The largest absolute Gasteiger partial charge is 0.493 e. The number of methoxy groups -OCH3 is 1. The maximum Gasteiger partial charge on any atom is 0.266 e. The average Bonchev–Trinajstić information content (AvgIpc) is 2.87. The average molecular weight is 487 g/mol. The quantitative estimate of drug-likeness (QED) is 0.195. The molecule has 3 rings (SSSR count). The second kappa shape index (κ2) is 12.5. The van der Waals surface area contributed by atoms with Crippen molar-refractivity contribution < 1.29 is 14.3 Å². The van der Waals surface area contributed by atoms with Gasteiger partial charge in [0, 0.05) is 16.3 Å². The van der Waals surface area contributed by atoms with E-state index >= 15 is 0 Å². The van der Waals surface area contributed by atoms with Crippen LogP contribution in [0.2, 0.25) is 5.02 Å². The number of aryl methyl sites for hydroxylation is 1. The van der Waals surface area contributed by atoms with Crippen LogP contribution in [-0.4, -0.2) is 13.0 Å². The maximum atomic E-state index is 12.7. The van der Waals surface area contributed by atoms with Gasteiger partial charge in [-0.15, -0.1) is 6.58 Å². The van der Waals surface area contributed by atoms with Crippen molar-refractivity contribution in [1.82, 2.24) is 0 Å². The van der Waals surface area contributed by atoms with Crippen LogP contribution in [0.15, 0.2) is 78.9 Å². The first-order valence-electron chi connectivity index (χ1n) is 11.2. The van der Waals surface area contributed by atoms with E-state index < -0.39 is 5.91 Å². The molecule has 3 aromatic carbocycles. The van der Waals surface area contributed by atoms with Gasteiger partial charge in [0.1, 0.15) is 18.2 Å². The van der Waals surface area contributed by atoms with Crippen LogP contribution in [0.3, 0.4) is 0 Å². The molecule has 0 aromatic heterocycles. The van der Waals surface area contributed by atoms with Crippen LogP contribution in [0.4, 0.5) is 5.69 Å². The van der Waals surface area contributed by atoms with Crippen LogP contribution in [-0.2, 0) is 24.2 Å². The molecule has 0 radical (unpaired) electrons. The summed E-state index contributed by atoms with van der Waals surface area (Å²) < 4.78 is 11.7. The summed E-state index contributed by atoms with van der Waals surface area (Å²) in [5.41, 5.74) is 4.20. The second-order valence-electron chi connectivity index (χ2n) is 7.79. The molecule has 0 spiro atoms. The molecule has 1 amide bonds. The first-order chi connectivity index (χ1) is 17.0. The maximum absolute atomic E-state index is 12.7. The summed E-state index contributed by atoms with van der Waals surface area (Å²) in [5.74, 6) is 0.597. The van der Waals surface area contributed by atoms with Crippen molar-refractivity contribution in [2.75, 3.05) is 12.4 Å². The van der Waals surface area contributed by atoms with Gasteiger partial charge in [-0.1, -0.05) is 48.9 Å². The smallest absolute Gasteiger partial charge is 0.266 e. The highest BCUT2D eigenvalue weighted by atomic mass is 35.5. The van der Waals surface area contributed by atoms with Gasteiger partial charge in [0.2, 0.25) is 0 Å². The summed E-state index contributed by atoms with van der Waals surface area (Å²) in [6.07, 6.45) is 4.72. The van der Waals surface area contributed by atoms with Crippen molar-refractivity contribution in [3.63, 3.8) is 0 Å². The van der Waals surface area contributed by atoms with Crippen LogP contribution in [0, 0.1) is 11.3 Å². The normalized spacial score (nSPS) is 10.9. The first kappa shape index (κ1) is 25.6. The number of rotatable bonds is 10. The summed E-state index contributed by atoms with van der Waals surface area (Å²) in [5, 5.41) is 13.1. The summed E-state index contributed by atoms with van der Waals surface area (Å²) in [7, 11) is 1.55. The highest BCUT2D eigenvalue weighted by Gasteiger charge is 2.15. The number of benzene rings is 3. The van der Waals surface area contributed by atoms with E-state index in [9.17, 15) is 10.1 Å². The number of carbonyl (C=O) groups is 1. The molecule has 0 aliphatic carbocycles. The number of carbonyl (C=O) groups excluding carboxylic acids is 1. The van der Waals surface area contributed by atoms with Gasteiger partial charge >= 0.3 is 0 Å². The topological polar surface area (TPSA) is 71.4 Å². The van der Waals surface area contributed by atoms with Crippen molar-refractivity contribution in [1.29, 1.82) is 5.26 Å². The van der Waals surface area contributed by atoms with Gasteiger partial charge in [0.15, 0.2) is 11.5 Å². The highest BCUT2D eigenvalue weighted by molar-refractivity contribution is 6.30. The number of nitrogens with one attached hydrogen (secondary N) is 1. The van der Waals surface area contributed by atoms with E-state index in [1.165, 1.54) is 11.6 Å². The zero-order chi connectivity index (χ0) is 25.2. The Bertz CT molecular complexity index is 1260. The zero-order valence-electron chi connectivity index (χ0n) is 19.8. The predicted molar refractivity (Wildman–Crippen MR) is 141 cm³/mol. The summed E-state index contributed by atoms with van der Waals surface area (Å²) in [4.78, 5) is 12.7. The lowest BCUT2D eigenvalue weighted by Gasteiger charge is -2.16. The number of amides is 1. The summed E-state index contributed by atoms with van der Waals surface area (Å²) in [6.45, 7) is 6.22. The number of allylic oxidation sites excluding steroid dienone is 1. The van der Waals surface area contributed by atoms with Crippen LogP contribution in [0.25, 0.3) is 6.08 Å². The van der Waals surface area contributed by atoms with Crippen molar-refractivity contribution in [2.24, 2.45) is 0 Å². The summed E-state index contributed by atoms with van der Waals surface area (Å²) in [6, 6.07) is 20.5. The number of nitrogens with zero attached hydrogens (tertiary/aromatic N) is 1. The molecule has 0 saturated heterocycles. The van der Waals surface area contributed by atoms with E-state index in [-0.39, 0.29) is 5.57 Å². The van der Waals surface area contributed by atoms with Gasteiger partial charge < -0.3 is 14.8 Å². The fraction of sp³-hybridized carbons (Fsp3) is 0.172. The monoisotopic (exact) mass is 486 g/mol. The number of halogens is 1. The van der Waals surface area contributed by atoms with Gasteiger partial charge in [-0.2, -0.15) is 5.26 Å². The fourth-order valence-electron chi connectivity index (χ4n) is 3.46. The van der Waals surface area contributed by atoms with E-state index in [2.05, 4.69) is 18.8 Å². The van der Waals surface area contributed by atoms with Gasteiger partial charge in [0.25, 0.3) is 5.91 Å². The number of hydrogen-bond donors (Lipinski definition) is 1. The molecular weight excluding hydrogens is 460 g/mol. The molecule has 178 valence electrons. The van der Waals surface area contributed by atoms with Gasteiger partial charge in [0.05, 0.1) is 7.11 Å². The molecule has 3 aromatic rings. The standard InChI is InChI=1S/C29H27ClN2O3/c1-4-6-23-15-22(16-24(18-31)29(33)32-26-13-9-20(5-2)10-14-26)17-27(34-3)28(23)35-19-21-7-11-25(30)12-8-21/h4,7-17H,1,5-6,19H2,2-3H3,(H,32,33)/b24-16+. The third-order valence-corrected chi connectivity index (χ3v) is 5.58. The molecule has 0 fully saturated rings. The third-order valence-electron chi connectivity index (χ3n) is 5.33. The zero-order valence-corrected chi connectivity index (χ0v) is 20.6. The van der Waals surface area contributed by atoms with E-state index in [1.54, 1.807) is 19.3 Å². The van der Waals surface area contributed by atoms with Gasteiger partial charge in [-0.25, -0.2) is 0 Å². The lowest BCUT2D eigenvalue weighted by Crippen LogP contribution is -2.13. The first-order valence-corrected chi connectivity index (χ1v) is 11.6. The minimum atomic E-state index is -0.482.